The van der Waals surface area contributed by atoms with Crippen molar-refractivity contribution in [1.82, 2.24) is 10.6 Å². The van der Waals surface area contributed by atoms with E-state index in [1.54, 1.807) is 6.26 Å². The molecule has 27 heavy (non-hydrogen) atoms. The molecule has 0 aliphatic rings. The summed E-state index contributed by atoms with van der Waals surface area (Å²) in [5, 5.41) is 8.55. The summed E-state index contributed by atoms with van der Waals surface area (Å²) in [6.07, 6.45) is 1.66. The van der Waals surface area contributed by atoms with Gasteiger partial charge in [-0.25, -0.2) is 0 Å². The van der Waals surface area contributed by atoms with Gasteiger partial charge in [-0.2, -0.15) is 0 Å². The van der Waals surface area contributed by atoms with Crippen LogP contribution in [0.3, 0.4) is 0 Å². The standard InChI is InChI=1S/C22H26N2O3/c1-22(2,3)24-21(25)15-27-20-11-10-16-7-4-5-9-18(16)19(20)14-23-13-17-8-6-12-26-17/h4-12,23H,13-15H2,1-3H3,(H,24,25). The van der Waals surface area contributed by atoms with Crippen molar-refractivity contribution in [2.24, 2.45) is 0 Å². The molecule has 3 rings (SSSR count). The molecule has 1 amide bonds. The van der Waals surface area contributed by atoms with Gasteiger partial charge in [0.2, 0.25) is 0 Å². The summed E-state index contributed by atoms with van der Waals surface area (Å²) in [6, 6.07) is 15.9. The third-order valence-corrected chi connectivity index (χ3v) is 4.05. The lowest BCUT2D eigenvalue weighted by Gasteiger charge is -2.21. The van der Waals surface area contributed by atoms with Gasteiger partial charge in [0, 0.05) is 17.6 Å². The molecule has 0 aliphatic carbocycles. The fourth-order valence-electron chi connectivity index (χ4n) is 2.96. The number of fused-ring (bicyclic) bond motifs is 1. The molecule has 1 heterocycles. The highest BCUT2D eigenvalue weighted by Crippen LogP contribution is 2.28. The first kappa shape index (κ1) is 19.0. The Morgan fingerprint density at radius 3 is 2.59 bits per heavy atom. The minimum Gasteiger partial charge on any atom is -0.483 e. The van der Waals surface area contributed by atoms with Gasteiger partial charge in [-0.15, -0.1) is 0 Å². The van der Waals surface area contributed by atoms with Crippen LogP contribution < -0.4 is 15.4 Å². The van der Waals surface area contributed by atoms with Gasteiger partial charge in [-0.1, -0.05) is 30.3 Å². The van der Waals surface area contributed by atoms with Crippen molar-refractivity contribution in [3.05, 3.63) is 66.1 Å². The Labute approximate surface area is 159 Å². The van der Waals surface area contributed by atoms with Crippen LogP contribution in [0.4, 0.5) is 0 Å². The van der Waals surface area contributed by atoms with E-state index in [0.29, 0.717) is 18.8 Å². The van der Waals surface area contributed by atoms with Crippen molar-refractivity contribution in [3.63, 3.8) is 0 Å². The minimum absolute atomic E-state index is 0.0131. The topological polar surface area (TPSA) is 63.5 Å². The summed E-state index contributed by atoms with van der Waals surface area (Å²) in [7, 11) is 0. The molecule has 0 saturated carbocycles. The highest BCUT2D eigenvalue weighted by atomic mass is 16.5. The predicted octanol–water partition coefficient (Wildman–Crippen LogP) is 4.02. The predicted molar refractivity (Wildman–Crippen MR) is 107 cm³/mol. The van der Waals surface area contributed by atoms with Crippen molar-refractivity contribution in [2.75, 3.05) is 6.61 Å². The molecule has 2 aromatic carbocycles. The van der Waals surface area contributed by atoms with Gasteiger partial charge in [0.1, 0.15) is 11.5 Å². The molecule has 0 unspecified atom stereocenters. The van der Waals surface area contributed by atoms with Crippen LogP contribution in [-0.4, -0.2) is 18.1 Å². The van der Waals surface area contributed by atoms with Gasteiger partial charge in [-0.3, -0.25) is 4.79 Å². The maximum Gasteiger partial charge on any atom is 0.258 e. The van der Waals surface area contributed by atoms with Crippen molar-refractivity contribution in [2.45, 2.75) is 39.4 Å². The first-order chi connectivity index (χ1) is 12.9. The van der Waals surface area contributed by atoms with Gasteiger partial charge in [0.25, 0.3) is 5.91 Å². The van der Waals surface area contributed by atoms with Crippen LogP contribution in [0.25, 0.3) is 10.8 Å². The van der Waals surface area contributed by atoms with Crippen molar-refractivity contribution in [3.8, 4) is 5.75 Å². The van der Waals surface area contributed by atoms with Crippen LogP contribution in [0.5, 0.6) is 5.75 Å². The van der Waals surface area contributed by atoms with E-state index in [0.717, 1.165) is 22.1 Å². The number of amides is 1. The Kier molecular flexibility index (Phi) is 5.81. The molecule has 5 heteroatoms. The number of benzene rings is 2. The molecule has 142 valence electrons. The molecule has 0 fully saturated rings. The van der Waals surface area contributed by atoms with Crippen molar-refractivity contribution in [1.29, 1.82) is 0 Å². The monoisotopic (exact) mass is 366 g/mol. The fraction of sp³-hybridized carbons (Fsp3) is 0.318. The number of ether oxygens (including phenoxy) is 1. The summed E-state index contributed by atoms with van der Waals surface area (Å²) in [6.45, 7) is 7.07. The third kappa shape index (κ3) is 5.34. The highest BCUT2D eigenvalue weighted by molar-refractivity contribution is 5.88. The Bertz CT molecular complexity index is 896. The lowest BCUT2D eigenvalue weighted by Crippen LogP contribution is -2.43. The van der Waals surface area contributed by atoms with E-state index < -0.39 is 0 Å². The van der Waals surface area contributed by atoms with Crippen molar-refractivity contribution >= 4 is 16.7 Å². The fourth-order valence-corrected chi connectivity index (χ4v) is 2.96. The average molecular weight is 366 g/mol. The van der Waals surface area contributed by atoms with Crippen LogP contribution >= 0.6 is 0 Å². The largest absolute Gasteiger partial charge is 0.483 e. The lowest BCUT2D eigenvalue weighted by molar-refractivity contribution is -0.124. The highest BCUT2D eigenvalue weighted by Gasteiger charge is 2.15. The van der Waals surface area contributed by atoms with Crippen LogP contribution in [0, 0.1) is 0 Å². The molecule has 0 spiro atoms. The van der Waals surface area contributed by atoms with E-state index in [1.165, 1.54) is 0 Å². The van der Waals surface area contributed by atoms with Crippen LogP contribution in [0.1, 0.15) is 32.1 Å². The zero-order chi connectivity index (χ0) is 19.3. The molecule has 0 saturated heterocycles. The molecule has 1 aromatic heterocycles. The first-order valence-electron chi connectivity index (χ1n) is 9.10. The zero-order valence-electron chi connectivity index (χ0n) is 16.0. The Balaban J connectivity index is 1.75. The van der Waals surface area contributed by atoms with E-state index in [4.69, 9.17) is 9.15 Å². The van der Waals surface area contributed by atoms with E-state index in [1.807, 2.05) is 57.2 Å². The summed E-state index contributed by atoms with van der Waals surface area (Å²) in [5.74, 6) is 1.46. The third-order valence-electron chi connectivity index (χ3n) is 4.05. The number of carbonyl (C=O) groups is 1. The molecular weight excluding hydrogens is 340 g/mol. The molecule has 0 bridgehead atoms. The quantitative estimate of drug-likeness (QED) is 0.663. The van der Waals surface area contributed by atoms with Gasteiger partial charge in [-0.05, 0) is 49.7 Å². The number of hydrogen-bond donors (Lipinski definition) is 2. The van der Waals surface area contributed by atoms with E-state index >= 15 is 0 Å². The molecule has 0 radical (unpaired) electrons. The van der Waals surface area contributed by atoms with E-state index in [-0.39, 0.29) is 18.1 Å². The van der Waals surface area contributed by atoms with Crippen LogP contribution in [-0.2, 0) is 17.9 Å². The number of nitrogens with one attached hydrogen (secondary N) is 2. The number of carbonyl (C=O) groups excluding carboxylic acids is 1. The van der Waals surface area contributed by atoms with Gasteiger partial charge >= 0.3 is 0 Å². The minimum atomic E-state index is -0.281. The zero-order valence-corrected chi connectivity index (χ0v) is 16.0. The molecule has 3 aromatic rings. The normalized spacial score (nSPS) is 11.5. The summed E-state index contributed by atoms with van der Waals surface area (Å²) >= 11 is 0. The lowest BCUT2D eigenvalue weighted by atomic mass is 10.0. The molecular formula is C22H26N2O3. The van der Waals surface area contributed by atoms with Crippen molar-refractivity contribution < 1.29 is 13.9 Å². The SMILES string of the molecule is CC(C)(C)NC(=O)COc1ccc2ccccc2c1CNCc1ccco1. The summed E-state index contributed by atoms with van der Waals surface area (Å²) < 4.78 is 11.2. The first-order valence-corrected chi connectivity index (χ1v) is 9.10. The Morgan fingerprint density at radius 2 is 1.85 bits per heavy atom. The number of hydrogen-bond acceptors (Lipinski definition) is 4. The number of furan rings is 1. The van der Waals surface area contributed by atoms with Crippen LogP contribution in [0.15, 0.2) is 59.2 Å². The summed E-state index contributed by atoms with van der Waals surface area (Å²) in [5.41, 5.74) is 0.750. The van der Waals surface area contributed by atoms with Gasteiger partial charge in [0.05, 0.1) is 12.8 Å². The smallest absolute Gasteiger partial charge is 0.258 e. The molecule has 2 N–H and O–H groups in total. The maximum absolute atomic E-state index is 12.1. The molecule has 0 atom stereocenters. The second kappa shape index (κ2) is 8.27. The maximum atomic E-state index is 12.1. The second-order valence-corrected chi connectivity index (χ2v) is 7.53. The van der Waals surface area contributed by atoms with E-state index in [2.05, 4.69) is 22.8 Å². The second-order valence-electron chi connectivity index (χ2n) is 7.53. The van der Waals surface area contributed by atoms with Gasteiger partial charge < -0.3 is 19.8 Å². The Hall–Kier alpha value is -2.79. The molecule has 5 nitrogen and oxygen atoms in total. The van der Waals surface area contributed by atoms with Crippen LogP contribution in [0.2, 0.25) is 0 Å². The Morgan fingerprint density at radius 1 is 1.04 bits per heavy atom. The molecule has 0 aliphatic heterocycles. The van der Waals surface area contributed by atoms with Gasteiger partial charge in [0.15, 0.2) is 6.61 Å². The average Bonchev–Trinajstić information content (AvgIpc) is 3.12. The van der Waals surface area contributed by atoms with E-state index in [9.17, 15) is 4.79 Å². The summed E-state index contributed by atoms with van der Waals surface area (Å²) in [4.78, 5) is 12.1. The number of rotatable bonds is 7.